The van der Waals surface area contributed by atoms with Crippen molar-refractivity contribution in [3.05, 3.63) is 23.5 Å². The Hall–Kier alpha value is -1.66. The number of likely N-dealkylation sites (tertiary alicyclic amines) is 1. The molecule has 0 atom stereocenters. The zero-order valence-corrected chi connectivity index (χ0v) is 11.1. The molecular formula is C13H20N4O2. The molecule has 19 heavy (non-hydrogen) atoms. The SMILES string of the molecule is Cc1cc(NN)c(C(=O)N2CCC(CO)CC2)cn1. The lowest BCUT2D eigenvalue weighted by molar-refractivity contribution is 0.0651. The Morgan fingerprint density at radius 1 is 1.58 bits per heavy atom. The molecule has 0 radical (unpaired) electrons. The third-order valence-corrected chi connectivity index (χ3v) is 3.59. The van der Waals surface area contributed by atoms with E-state index in [0.29, 0.717) is 30.3 Å². The fourth-order valence-corrected chi connectivity index (χ4v) is 2.34. The molecule has 1 aromatic heterocycles. The lowest BCUT2D eigenvalue weighted by Crippen LogP contribution is -2.39. The van der Waals surface area contributed by atoms with Crippen LogP contribution in [-0.4, -0.2) is 40.6 Å². The van der Waals surface area contributed by atoms with Crippen molar-refractivity contribution in [1.29, 1.82) is 0 Å². The van der Waals surface area contributed by atoms with Gasteiger partial charge in [0.1, 0.15) is 0 Å². The molecule has 1 aliphatic heterocycles. The number of hydrazine groups is 1. The molecule has 104 valence electrons. The summed E-state index contributed by atoms with van der Waals surface area (Å²) in [6, 6.07) is 1.76. The molecule has 4 N–H and O–H groups in total. The van der Waals surface area contributed by atoms with Crippen molar-refractivity contribution in [2.24, 2.45) is 11.8 Å². The molecule has 0 aromatic carbocycles. The van der Waals surface area contributed by atoms with Crippen LogP contribution in [0.2, 0.25) is 0 Å². The molecule has 1 saturated heterocycles. The van der Waals surface area contributed by atoms with Gasteiger partial charge in [-0.05, 0) is 31.7 Å². The smallest absolute Gasteiger partial charge is 0.257 e. The standard InChI is InChI=1S/C13H20N4O2/c1-9-6-12(16-14)11(7-15-9)13(19)17-4-2-10(8-18)3-5-17/h6-7,10,18H,2-5,8,14H2,1H3,(H,15,16). The van der Waals surface area contributed by atoms with Crippen molar-refractivity contribution in [1.82, 2.24) is 9.88 Å². The summed E-state index contributed by atoms with van der Waals surface area (Å²) in [5.41, 5.74) is 4.45. The fraction of sp³-hybridized carbons (Fsp3) is 0.538. The van der Waals surface area contributed by atoms with Crippen LogP contribution < -0.4 is 11.3 Å². The van der Waals surface area contributed by atoms with Gasteiger partial charge in [-0.25, -0.2) is 0 Å². The molecule has 0 saturated carbocycles. The first-order valence-electron chi connectivity index (χ1n) is 6.49. The van der Waals surface area contributed by atoms with E-state index in [1.54, 1.807) is 17.2 Å². The molecule has 0 aliphatic carbocycles. The van der Waals surface area contributed by atoms with Crippen LogP contribution in [0, 0.1) is 12.8 Å². The predicted octanol–water partition coefficient (Wildman–Crippen LogP) is 0.520. The number of aliphatic hydroxyl groups excluding tert-OH is 1. The highest BCUT2D eigenvalue weighted by atomic mass is 16.3. The lowest BCUT2D eigenvalue weighted by Gasteiger charge is -2.31. The number of aryl methyl sites for hydroxylation is 1. The fourth-order valence-electron chi connectivity index (χ4n) is 2.34. The number of carbonyl (C=O) groups excluding carboxylic acids is 1. The van der Waals surface area contributed by atoms with Gasteiger partial charge in [-0.2, -0.15) is 0 Å². The second-order valence-corrected chi connectivity index (χ2v) is 4.93. The van der Waals surface area contributed by atoms with E-state index < -0.39 is 0 Å². The summed E-state index contributed by atoms with van der Waals surface area (Å²) in [6.45, 7) is 3.38. The minimum absolute atomic E-state index is 0.0585. The van der Waals surface area contributed by atoms with Gasteiger partial charge >= 0.3 is 0 Å². The normalized spacial score (nSPS) is 16.5. The largest absolute Gasteiger partial charge is 0.396 e. The maximum Gasteiger partial charge on any atom is 0.257 e. The number of pyridine rings is 1. The van der Waals surface area contributed by atoms with E-state index in [0.717, 1.165) is 18.5 Å². The van der Waals surface area contributed by atoms with E-state index in [9.17, 15) is 4.79 Å². The number of aromatic nitrogens is 1. The van der Waals surface area contributed by atoms with Crippen molar-refractivity contribution in [2.45, 2.75) is 19.8 Å². The van der Waals surface area contributed by atoms with Crippen LogP contribution in [0.25, 0.3) is 0 Å². The second-order valence-electron chi connectivity index (χ2n) is 4.93. The van der Waals surface area contributed by atoms with Crippen molar-refractivity contribution in [2.75, 3.05) is 25.1 Å². The topological polar surface area (TPSA) is 91.5 Å². The van der Waals surface area contributed by atoms with Crippen molar-refractivity contribution < 1.29 is 9.90 Å². The maximum atomic E-state index is 12.4. The van der Waals surface area contributed by atoms with E-state index in [-0.39, 0.29) is 12.5 Å². The average molecular weight is 264 g/mol. The third kappa shape index (κ3) is 3.02. The van der Waals surface area contributed by atoms with Crippen LogP contribution in [0.3, 0.4) is 0 Å². The van der Waals surface area contributed by atoms with E-state index in [1.165, 1.54) is 0 Å². The molecule has 2 heterocycles. The van der Waals surface area contributed by atoms with Gasteiger partial charge in [-0.15, -0.1) is 0 Å². The van der Waals surface area contributed by atoms with Crippen LogP contribution in [0.5, 0.6) is 0 Å². The Balaban J connectivity index is 2.12. The first kappa shape index (κ1) is 13.8. The highest BCUT2D eigenvalue weighted by Gasteiger charge is 2.24. The van der Waals surface area contributed by atoms with Crippen LogP contribution in [0.1, 0.15) is 28.9 Å². The Labute approximate surface area is 112 Å². The molecular weight excluding hydrogens is 244 g/mol. The van der Waals surface area contributed by atoms with Crippen LogP contribution >= 0.6 is 0 Å². The minimum Gasteiger partial charge on any atom is -0.396 e. The Bertz CT molecular complexity index is 456. The lowest BCUT2D eigenvalue weighted by atomic mass is 9.97. The number of amides is 1. The van der Waals surface area contributed by atoms with Gasteiger partial charge in [0.25, 0.3) is 5.91 Å². The van der Waals surface area contributed by atoms with Crippen LogP contribution in [-0.2, 0) is 0 Å². The number of nitrogen functional groups attached to an aromatic ring is 1. The van der Waals surface area contributed by atoms with Gasteiger partial charge < -0.3 is 15.4 Å². The first-order valence-corrected chi connectivity index (χ1v) is 6.49. The van der Waals surface area contributed by atoms with Gasteiger partial charge in [-0.1, -0.05) is 0 Å². The van der Waals surface area contributed by atoms with E-state index >= 15 is 0 Å². The summed E-state index contributed by atoms with van der Waals surface area (Å²) in [5, 5.41) is 9.11. The Morgan fingerprint density at radius 3 is 2.84 bits per heavy atom. The summed E-state index contributed by atoms with van der Waals surface area (Å²) in [6.07, 6.45) is 3.24. The molecule has 6 heteroatoms. The number of nitrogens with zero attached hydrogens (tertiary/aromatic N) is 2. The summed E-state index contributed by atoms with van der Waals surface area (Å²) in [5.74, 6) is 5.70. The summed E-state index contributed by atoms with van der Waals surface area (Å²) >= 11 is 0. The number of carbonyl (C=O) groups is 1. The molecule has 1 fully saturated rings. The van der Waals surface area contributed by atoms with Crippen molar-refractivity contribution in [3.63, 3.8) is 0 Å². The zero-order valence-electron chi connectivity index (χ0n) is 11.1. The zero-order chi connectivity index (χ0) is 13.8. The minimum atomic E-state index is -0.0585. The molecule has 0 spiro atoms. The molecule has 6 nitrogen and oxygen atoms in total. The van der Waals surface area contributed by atoms with Crippen molar-refractivity contribution >= 4 is 11.6 Å². The number of hydrogen-bond acceptors (Lipinski definition) is 5. The number of rotatable bonds is 3. The van der Waals surface area contributed by atoms with Gasteiger partial charge in [0.05, 0.1) is 11.3 Å². The van der Waals surface area contributed by atoms with Crippen LogP contribution in [0.15, 0.2) is 12.3 Å². The number of piperidine rings is 1. The summed E-state index contributed by atoms with van der Waals surface area (Å²) in [7, 11) is 0. The first-order chi connectivity index (χ1) is 9.15. The highest BCUT2D eigenvalue weighted by molar-refractivity contribution is 5.99. The molecule has 1 aliphatic rings. The maximum absolute atomic E-state index is 12.4. The number of nitrogens with one attached hydrogen (secondary N) is 1. The van der Waals surface area contributed by atoms with Gasteiger partial charge in [0.2, 0.25) is 0 Å². The third-order valence-electron chi connectivity index (χ3n) is 3.59. The van der Waals surface area contributed by atoms with Gasteiger partial charge in [-0.3, -0.25) is 15.6 Å². The highest BCUT2D eigenvalue weighted by Crippen LogP contribution is 2.21. The van der Waals surface area contributed by atoms with E-state index in [4.69, 9.17) is 10.9 Å². The van der Waals surface area contributed by atoms with Gasteiger partial charge in [0, 0.05) is 31.6 Å². The number of aliphatic hydroxyl groups is 1. The second kappa shape index (κ2) is 5.99. The summed E-state index contributed by atoms with van der Waals surface area (Å²) in [4.78, 5) is 18.4. The summed E-state index contributed by atoms with van der Waals surface area (Å²) < 4.78 is 0. The monoisotopic (exact) mass is 264 g/mol. The van der Waals surface area contributed by atoms with Gasteiger partial charge in [0.15, 0.2) is 0 Å². The van der Waals surface area contributed by atoms with Crippen molar-refractivity contribution in [3.8, 4) is 0 Å². The van der Waals surface area contributed by atoms with E-state index in [2.05, 4.69) is 10.4 Å². The number of hydrogen-bond donors (Lipinski definition) is 3. The van der Waals surface area contributed by atoms with Crippen LogP contribution in [0.4, 0.5) is 5.69 Å². The number of nitrogens with two attached hydrogens (primary N) is 1. The number of anilines is 1. The molecule has 0 bridgehead atoms. The predicted molar refractivity (Wildman–Crippen MR) is 72.5 cm³/mol. The van der Waals surface area contributed by atoms with E-state index in [1.807, 2.05) is 6.92 Å². The Morgan fingerprint density at radius 2 is 2.26 bits per heavy atom. The molecule has 2 rings (SSSR count). The quantitative estimate of drug-likeness (QED) is 0.547. The molecule has 1 aromatic rings. The Kier molecular flexibility index (Phi) is 4.34. The molecule has 0 unspecified atom stereocenters. The average Bonchev–Trinajstić information content (AvgIpc) is 2.46. The molecule has 1 amide bonds.